The maximum Gasteiger partial charge on any atom is 0.411 e. The first-order valence-corrected chi connectivity index (χ1v) is 7.42. The van der Waals surface area contributed by atoms with Crippen LogP contribution in [0, 0.1) is 0 Å². The van der Waals surface area contributed by atoms with Crippen LogP contribution in [0.3, 0.4) is 0 Å². The van der Waals surface area contributed by atoms with Crippen LogP contribution in [0.5, 0.6) is 6.01 Å². The number of likely N-dealkylation sites (tertiary alicyclic amines) is 1. The molecule has 8 nitrogen and oxygen atoms in total. The van der Waals surface area contributed by atoms with Crippen LogP contribution < -0.4 is 4.74 Å². The summed E-state index contributed by atoms with van der Waals surface area (Å²) in [6.07, 6.45) is 2.75. The fourth-order valence-corrected chi connectivity index (χ4v) is 2.31. The van der Waals surface area contributed by atoms with Crippen molar-refractivity contribution in [2.24, 2.45) is 0 Å². The van der Waals surface area contributed by atoms with E-state index in [1.54, 1.807) is 39.2 Å². The van der Waals surface area contributed by atoms with Crippen LogP contribution in [0.4, 0.5) is 4.79 Å². The van der Waals surface area contributed by atoms with Gasteiger partial charge in [0.2, 0.25) is 0 Å². The molecule has 0 spiro atoms. The summed E-state index contributed by atoms with van der Waals surface area (Å²) in [6.45, 7) is 5.46. The summed E-state index contributed by atoms with van der Waals surface area (Å²) in [5.74, 6) is -1.09. The molecule has 1 aromatic heterocycles. The van der Waals surface area contributed by atoms with Crippen molar-refractivity contribution in [1.29, 1.82) is 0 Å². The lowest BCUT2D eigenvalue weighted by Crippen LogP contribution is -2.53. The molecule has 1 saturated heterocycles. The minimum absolute atomic E-state index is 0.160. The molecule has 2 rings (SSSR count). The molecule has 1 aliphatic heterocycles. The Hall–Kier alpha value is -2.38. The van der Waals surface area contributed by atoms with Gasteiger partial charge < -0.3 is 14.6 Å². The van der Waals surface area contributed by atoms with Gasteiger partial charge in [-0.25, -0.2) is 19.6 Å². The number of nitrogens with zero attached hydrogens (tertiary/aromatic N) is 3. The summed E-state index contributed by atoms with van der Waals surface area (Å²) in [5.41, 5.74) is -0.675. The van der Waals surface area contributed by atoms with Crippen molar-refractivity contribution in [1.82, 2.24) is 14.9 Å². The van der Waals surface area contributed by atoms with Gasteiger partial charge in [-0.3, -0.25) is 4.90 Å². The van der Waals surface area contributed by atoms with Crippen molar-refractivity contribution in [3.05, 3.63) is 18.5 Å². The molecule has 2 heterocycles. The first kappa shape index (κ1) is 17.0. The van der Waals surface area contributed by atoms with Gasteiger partial charge in [0.25, 0.3) is 0 Å². The van der Waals surface area contributed by atoms with E-state index < -0.39 is 23.7 Å². The van der Waals surface area contributed by atoms with Gasteiger partial charge in [0.15, 0.2) is 0 Å². The van der Waals surface area contributed by atoms with E-state index in [0.29, 0.717) is 6.42 Å². The lowest BCUT2D eigenvalue weighted by molar-refractivity contribution is -0.146. The zero-order valence-electron chi connectivity index (χ0n) is 13.4. The number of piperidine rings is 1. The maximum absolute atomic E-state index is 12.2. The lowest BCUT2D eigenvalue weighted by Gasteiger charge is -2.37. The zero-order chi connectivity index (χ0) is 17.0. The van der Waals surface area contributed by atoms with E-state index in [2.05, 4.69) is 9.97 Å². The molecule has 23 heavy (non-hydrogen) atoms. The first-order chi connectivity index (χ1) is 10.8. The van der Waals surface area contributed by atoms with Gasteiger partial charge >= 0.3 is 18.1 Å². The number of carbonyl (C=O) groups is 2. The number of carbonyl (C=O) groups excluding carboxylic acids is 1. The molecule has 0 bridgehead atoms. The highest BCUT2D eigenvalue weighted by atomic mass is 16.6. The van der Waals surface area contributed by atoms with Gasteiger partial charge in [-0.05, 0) is 26.8 Å². The number of amides is 1. The Kier molecular flexibility index (Phi) is 5.02. The Bertz CT molecular complexity index is 558. The molecule has 1 fully saturated rings. The second kappa shape index (κ2) is 6.80. The highest BCUT2D eigenvalue weighted by molar-refractivity contribution is 5.80. The smallest absolute Gasteiger partial charge is 0.411 e. The number of aromatic nitrogens is 2. The van der Waals surface area contributed by atoms with Crippen LogP contribution >= 0.6 is 0 Å². The number of hydrogen-bond donors (Lipinski definition) is 1. The van der Waals surface area contributed by atoms with Gasteiger partial charge in [0.1, 0.15) is 17.7 Å². The molecule has 0 saturated carbocycles. The lowest BCUT2D eigenvalue weighted by atomic mass is 10.00. The van der Waals surface area contributed by atoms with Crippen LogP contribution in [-0.2, 0) is 9.53 Å². The minimum Gasteiger partial charge on any atom is -0.480 e. The van der Waals surface area contributed by atoms with Gasteiger partial charge in [0.05, 0.1) is 0 Å². The van der Waals surface area contributed by atoms with Crippen molar-refractivity contribution >= 4 is 12.1 Å². The third-order valence-electron chi connectivity index (χ3n) is 3.28. The normalized spacial score (nSPS) is 21.6. The van der Waals surface area contributed by atoms with E-state index in [0.717, 1.165) is 0 Å². The molecule has 1 aliphatic rings. The number of aliphatic carboxylic acids is 1. The molecule has 1 aromatic rings. The van der Waals surface area contributed by atoms with Gasteiger partial charge in [-0.15, -0.1) is 0 Å². The molecular formula is C15H21N3O5. The average molecular weight is 323 g/mol. The molecule has 1 unspecified atom stereocenters. The largest absolute Gasteiger partial charge is 0.480 e. The van der Waals surface area contributed by atoms with Crippen LogP contribution in [0.25, 0.3) is 0 Å². The molecule has 1 N–H and O–H groups in total. The van der Waals surface area contributed by atoms with Crippen LogP contribution in [0.1, 0.15) is 33.6 Å². The maximum atomic E-state index is 12.2. The fourth-order valence-electron chi connectivity index (χ4n) is 2.31. The summed E-state index contributed by atoms with van der Waals surface area (Å²) < 4.78 is 10.9. The standard InChI is InChI=1S/C15H21N3O5/c1-15(2,3)23-14(21)18-8-5-10(9-11(18)12(19)20)22-13-16-6-4-7-17-13/h4,6-7,10-11H,5,8-9H2,1-3H3,(H,19,20)/t10?,11-/m0/s1. The molecule has 8 heteroatoms. The van der Waals surface area contributed by atoms with Gasteiger partial charge in [-0.1, -0.05) is 0 Å². The number of rotatable bonds is 3. The highest BCUT2D eigenvalue weighted by Gasteiger charge is 2.39. The van der Waals surface area contributed by atoms with E-state index in [4.69, 9.17) is 9.47 Å². The third kappa shape index (κ3) is 4.80. The van der Waals surface area contributed by atoms with E-state index in [9.17, 15) is 14.7 Å². The molecular weight excluding hydrogens is 302 g/mol. The summed E-state index contributed by atoms with van der Waals surface area (Å²) in [4.78, 5) is 32.8. The first-order valence-electron chi connectivity index (χ1n) is 7.42. The number of carboxylic acids is 1. The van der Waals surface area contributed by atoms with Gasteiger partial charge in [-0.2, -0.15) is 0 Å². The van der Waals surface area contributed by atoms with E-state index in [-0.39, 0.29) is 25.1 Å². The zero-order valence-corrected chi connectivity index (χ0v) is 13.4. The topological polar surface area (TPSA) is 102 Å². The highest BCUT2D eigenvalue weighted by Crippen LogP contribution is 2.23. The fraction of sp³-hybridized carbons (Fsp3) is 0.600. The Morgan fingerprint density at radius 2 is 1.96 bits per heavy atom. The second-order valence-corrected chi connectivity index (χ2v) is 6.32. The summed E-state index contributed by atoms with van der Waals surface area (Å²) in [6, 6.07) is 0.873. The van der Waals surface area contributed by atoms with E-state index in [1.165, 1.54) is 4.90 Å². The summed E-state index contributed by atoms with van der Waals surface area (Å²) >= 11 is 0. The van der Waals surface area contributed by atoms with Crippen LogP contribution in [0.2, 0.25) is 0 Å². The molecule has 0 aliphatic carbocycles. The molecule has 2 atom stereocenters. The van der Waals surface area contributed by atoms with Crippen LogP contribution in [0.15, 0.2) is 18.5 Å². The predicted octanol–water partition coefficient (Wildman–Crippen LogP) is 1.71. The van der Waals surface area contributed by atoms with Crippen molar-refractivity contribution in [2.45, 2.75) is 51.4 Å². The summed E-state index contributed by atoms with van der Waals surface area (Å²) in [5, 5.41) is 9.40. The number of hydrogen-bond acceptors (Lipinski definition) is 6. The van der Waals surface area contributed by atoms with E-state index >= 15 is 0 Å². The third-order valence-corrected chi connectivity index (χ3v) is 3.28. The number of ether oxygens (including phenoxy) is 2. The van der Waals surface area contributed by atoms with Crippen molar-refractivity contribution < 1.29 is 24.2 Å². The Balaban J connectivity index is 2.03. The Labute approximate surface area is 134 Å². The summed E-state index contributed by atoms with van der Waals surface area (Å²) in [7, 11) is 0. The van der Waals surface area contributed by atoms with Crippen molar-refractivity contribution in [3.8, 4) is 6.01 Å². The quantitative estimate of drug-likeness (QED) is 0.903. The SMILES string of the molecule is CC(C)(C)OC(=O)N1CCC(Oc2ncccn2)C[C@H]1C(=O)O. The average Bonchev–Trinajstić information content (AvgIpc) is 2.46. The van der Waals surface area contributed by atoms with Crippen molar-refractivity contribution in [3.63, 3.8) is 0 Å². The minimum atomic E-state index is -1.09. The van der Waals surface area contributed by atoms with Crippen molar-refractivity contribution in [2.75, 3.05) is 6.54 Å². The van der Waals surface area contributed by atoms with Gasteiger partial charge in [0, 0.05) is 31.8 Å². The molecule has 1 amide bonds. The Morgan fingerprint density at radius 3 is 2.52 bits per heavy atom. The predicted molar refractivity (Wildman–Crippen MR) is 80.0 cm³/mol. The molecule has 126 valence electrons. The Morgan fingerprint density at radius 1 is 1.30 bits per heavy atom. The second-order valence-electron chi connectivity index (χ2n) is 6.32. The monoisotopic (exact) mass is 323 g/mol. The van der Waals surface area contributed by atoms with Crippen LogP contribution in [-0.4, -0.2) is 56.3 Å². The molecule has 0 radical (unpaired) electrons. The van der Waals surface area contributed by atoms with E-state index in [1.807, 2.05) is 0 Å². The molecule has 0 aromatic carbocycles. The number of carboxylic acid groups (broad SMARTS) is 1.